The molecule has 0 radical (unpaired) electrons. The summed E-state index contributed by atoms with van der Waals surface area (Å²) in [5.41, 5.74) is 3.14. The highest BCUT2D eigenvalue weighted by Crippen LogP contribution is 2.23. The van der Waals surface area contributed by atoms with Crippen LogP contribution >= 0.6 is 15.9 Å². The fourth-order valence-corrected chi connectivity index (χ4v) is 2.06. The van der Waals surface area contributed by atoms with E-state index in [1.165, 1.54) is 0 Å². The second kappa shape index (κ2) is 6.61. The van der Waals surface area contributed by atoms with Gasteiger partial charge in [0.05, 0.1) is 13.6 Å². The summed E-state index contributed by atoms with van der Waals surface area (Å²) in [6.07, 6.45) is 5.52. The number of hydrogen-bond acceptors (Lipinski definition) is 2. The van der Waals surface area contributed by atoms with E-state index in [1.807, 2.05) is 48.7 Å². The summed E-state index contributed by atoms with van der Waals surface area (Å²) in [6.45, 7) is 0.431. The highest BCUT2D eigenvalue weighted by atomic mass is 79.9. The Hall–Kier alpha value is -1.49. The van der Waals surface area contributed by atoms with Crippen LogP contribution in [0.1, 0.15) is 11.1 Å². The molecule has 0 bridgehead atoms. The monoisotopic (exact) mass is 318 g/mol. The van der Waals surface area contributed by atoms with E-state index in [1.54, 1.807) is 13.2 Å². The normalized spacial score (nSPS) is 13.3. The van der Waals surface area contributed by atoms with E-state index in [4.69, 9.17) is 0 Å². The van der Waals surface area contributed by atoms with Gasteiger partial charge in [0.15, 0.2) is 0 Å². The van der Waals surface area contributed by atoms with Crippen LogP contribution in [0.3, 0.4) is 0 Å². The molecule has 2 rings (SSSR count). The Balaban J connectivity index is 2.40. The number of likely N-dealkylation sites (N-methyl/N-ethyl adjacent to an activating group) is 1. The van der Waals surface area contributed by atoms with E-state index in [0.29, 0.717) is 6.54 Å². The first-order valence-corrected chi connectivity index (χ1v) is 6.82. The van der Waals surface area contributed by atoms with E-state index in [-0.39, 0.29) is 5.06 Å². The van der Waals surface area contributed by atoms with E-state index in [2.05, 4.69) is 20.9 Å². The van der Waals surface area contributed by atoms with Gasteiger partial charge in [-0.05, 0) is 35.4 Å². The maximum Gasteiger partial charge on any atom is 0.0962 e. The SMILES string of the molecule is C[NH+]([O-])C/C=C(/c1ccc(Br)cc1)c1cccnc1. The van der Waals surface area contributed by atoms with Crippen LogP contribution in [-0.2, 0) is 0 Å². The van der Waals surface area contributed by atoms with Gasteiger partial charge >= 0.3 is 0 Å². The van der Waals surface area contributed by atoms with Gasteiger partial charge in [-0.3, -0.25) is 4.98 Å². The highest BCUT2D eigenvalue weighted by molar-refractivity contribution is 9.10. The Morgan fingerprint density at radius 1 is 1.26 bits per heavy atom. The number of nitrogens with one attached hydrogen (secondary N) is 1. The molecule has 1 heterocycles. The number of aromatic nitrogens is 1. The lowest BCUT2D eigenvalue weighted by Crippen LogP contribution is -3.03. The van der Waals surface area contributed by atoms with Crippen LogP contribution in [0.25, 0.3) is 5.57 Å². The molecular formula is C15H15BrN2O. The average Bonchev–Trinajstić information content (AvgIpc) is 2.42. The Morgan fingerprint density at radius 3 is 2.58 bits per heavy atom. The zero-order chi connectivity index (χ0) is 13.7. The van der Waals surface area contributed by atoms with E-state index < -0.39 is 0 Å². The molecule has 19 heavy (non-hydrogen) atoms. The molecule has 0 aliphatic rings. The minimum atomic E-state index is 0.151. The van der Waals surface area contributed by atoms with Crippen molar-refractivity contribution in [2.75, 3.05) is 13.6 Å². The molecule has 2 aromatic rings. The first kappa shape index (κ1) is 13.9. The lowest BCUT2D eigenvalue weighted by atomic mass is 9.99. The molecule has 0 aliphatic carbocycles. The third kappa shape index (κ3) is 3.99. The van der Waals surface area contributed by atoms with Gasteiger partial charge in [0.1, 0.15) is 0 Å². The van der Waals surface area contributed by atoms with Gasteiger partial charge in [0.25, 0.3) is 0 Å². The molecule has 0 saturated carbocycles. The van der Waals surface area contributed by atoms with Crippen LogP contribution in [0.15, 0.2) is 59.3 Å². The smallest absolute Gasteiger partial charge is 0.0962 e. The molecule has 3 nitrogen and oxygen atoms in total. The van der Waals surface area contributed by atoms with Gasteiger partial charge in [-0.2, -0.15) is 0 Å². The molecule has 0 spiro atoms. The maximum atomic E-state index is 11.2. The standard InChI is InChI=1S/C15H15BrN2O/c1-18(19)10-8-15(13-3-2-9-17-11-13)12-4-6-14(16)7-5-12/h2-9,11,18H,10H2,1H3/b15-8-. The molecule has 1 atom stereocenters. The number of nitrogens with zero attached hydrogens (tertiary/aromatic N) is 1. The van der Waals surface area contributed by atoms with Gasteiger partial charge in [0, 0.05) is 22.4 Å². The van der Waals surface area contributed by atoms with Crippen molar-refractivity contribution in [2.24, 2.45) is 0 Å². The van der Waals surface area contributed by atoms with Crippen LogP contribution in [0.2, 0.25) is 0 Å². The lowest BCUT2D eigenvalue weighted by Gasteiger charge is -2.15. The maximum absolute atomic E-state index is 11.2. The van der Waals surface area contributed by atoms with Crippen molar-refractivity contribution in [3.8, 4) is 0 Å². The summed E-state index contributed by atoms with van der Waals surface area (Å²) >= 11 is 3.43. The van der Waals surface area contributed by atoms with E-state index >= 15 is 0 Å². The summed E-state index contributed by atoms with van der Waals surface area (Å²) < 4.78 is 1.04. The first-order valence-electron chi connectivity index (χ1n) is 6.03. The quantitative estimate of drug-likeness (QED) is 0.879. The third-order valence-corrected chi connectivity index (χ3v) is 3.25. The van der Waals surface area contributed by atoms with Crippen molar-refractivity contribution in [1.82, 2.24) is 4.98 Å². The molecule has 0 aliphatic heterocycles. The van der Waals surface area contributed by atoms with Gasteiger partial charge < -0.3 is 10.3 Å². The van der Waals surface area contributed by atoms with E-state index in [0.717, 1.165) is 21.2 Å². The van der Waals surface area contributed by atoms with Crippen molar-refractivity contribution in [2.45, 2.75) is 0 Å². The van der Waals surface area contributed by atoms with E-state index in [9.17, 15) is 5.21 Å². The summed E-state index contributed by atoms with van der Waals surface area (Å²) in [6, 6.07) is 11.9. The Bertz CT molecular complexity index is 550. The second-order valence-electron chi connectivity index (χ2n) is 4.27. The van der Waals surface area contributed by atoms with Gasteiger partial charge in [-0.25, -0.2) is 0 Å². The van der Waals surface area contributed by atoms with Crippen LogP contribution in [-0.4, -0.2) is 18.6 Å². The predicted molar refractivity (Wildman–Crippen MR) is 80.6 cm³/mol. The van der Waals surface area contributed by atoms with Crippen LogP contribution in [0.4, 0.5) is 0 Å². The van der Waals surface area contributed by atoms with Gasteiger partial charge in [-0.1, -0.05) is 34.1 Å². The van der Waals surface area contributed by atoms with Crippen LogP contribution in [0, 0.1) is 5.21 Å². The average molecular weight is 319 g/mol. The van der Waals surface area contributed by atoms with Crippen molar-refractivity contribution < 1.29 is 5.06 Å². The molecule has 0 fully saturated rings. The molecule has 4 heteroatoms. The van der Waals surface area contributed by atoms with Gasteiger partial charge in [-0.15, -0.1) is 0 Å². The number of quaternary nitrogens is 1. The molecule has 1 unspecified atom stereocenters. The molecule has 0 amide bonds. The van der Waals surface area contributed by atoms with Crippen LogP contribution < -0.4 is 5.06 Å². The van der Waals surface area contributed by atoms with Crippen molar-refractivity contribution in [3.05, 3.63) is 75.7 Å². The number of halogens is 1. The summed E-state index contributed by atoms with van der Waals surface area (Å²) in [5, 5.41) is 11.3. The summed E-state index contributed by atoms with van der Waals surface area (Å²) in [5.74, 6) is 0. The molecule has 1 aromatic carbocycles. The fourth-order valence-electron chi connectivity index (χ4n) is 1.80. The topological polar surface area (TPSA) is 40.4 Å². The van der Waals surface area contributed by atoms with Gasteiger partial charge in [0.2, 0.25) is 0 Å². The second-order valence-corrected chi connectivity index (χ2v) is 5.19. The molecule has 0 saturated heterocycles. The summed E-state index contributed by atoms with van der Waals surface area (Å²) in [7, 11) is 1.60. The minimum absolute atomic E-state index is 0.151. The Morgan fingerprint density at radius 2 is 2.00 bits per heavy atom. The Labute approximate surface area is 121 Å². The van der Waals surface area contributed by atoms with Crippen molar-refractivity contribution >= 4 is 21.5 Å². The zero-order valence-corrected chi connectivity index (χ0v) is 12.2. The first-order chi connectivity index (χ1) is 9.16. The van der Waals surface area contributed by atoms with Crippen LogP contribution in [0.5, 0.6) is 0 Å². The molecule has 1 aromatic heterocycles. The highest BCUT2D eigenvalue weighted by Gasteiger charge is 2.05. The minimum Gasteiger partial charge on any atom is -0.634 e. The number of rotatable bonds is 4. The largest absolute Gasteiger partial charge is 0.634 e. The van der Waals surface area contributed by atoms with Crippen molar-refractivity contribution in [3.63, 3.8) is 0 Å². The fraction of sp³-hybridized carbons (Fsp3) is 0.133. The number of benzene rings is 1. The lowest BCUT2D eigenvalue weighted by molar-refractivity contribution is -0.818. The number of hydrogen-bond donors (Lipinski definition) is 1. The zero-order valence-electron chi connectivity index (χ0n) is 10.6. The predicted octanol–water partition coefficient (Wildman–Crippen LogP) is 2.29. The molecule has 1 N–H and O–H groups in total. The third-order valence-electron chi connectivity index (χ3n) is 2.72. The Kier molecular flexibility index (Phi) is 4.85. The molecule has 98 valence electrons. The number of hydroxylamine groups is 2. The summed E-state index contributed by atoms with van der Waals surface area (Å²) in [4.78, 5) is 4.14. The number of pyridine rings is 1. The molecular weight excluding hydrogens is 304 g/mol. The van der Waals surface area contributed by atoms with Crippen molar-refractivity contribution in [1.29, 1.82) is 0 Å².